The Morgan fingerprint density at radius 3 is 2.32 bits per heavy atom. The Bertz CT molecular complexity index is 1290. The van der Waals surface area contributed by atoms with Gasteiger partial charge in [-0.05, 0) is 38.0 Å². The van der Waals surface area contributed by atoms with Gasteiger partial charge in [-0.2, -0.15) is 4.98 Å². The largest absolute Gasteiger partial charge is 0.481 e. The predicted molar refractivity (Wildman–Crippen MR) is 141 cm³/mol. The third-order valence-corrected chi connectivity index (χ3v) is 7.50. The molecule has 0 spiro atoms. The Balaban J connectivity index is 1.48. The maximum Gasteiger partial charge on any atom is 0.259 e. The topological polar surface area (TPSA) is 119 Å². The second-order valence-corrected chi connectivity index (χ2v) is 11.0. The number of hydrogen-bond donors (Lipinski definition) is 1. The van der Waals surface area contributed by atoms with Gasteiger partial charge >= 0.3 is 0 Å². The first kappa shape index (κ1) is 26.5. The molecule has 1 saturated heterocycles. The lowest BCUT2D eigenvalue weighted by Gasteiger charge is -2.32. The van der Waals surface area contributed by atoms with Gasteiger partial charge in [0.05, 0.1) is 25.5 Å². The van der Waals surface area contributed by atoms with Crippen molar-refractivity contribution in [2.45, 2.75) is 51.9 Å². The molecule has 3 aromatic rings. The van der Waals surface area contributed by atoms with Crippen LogP contribution in [0.1, 0.15) is 76.6 Å². The Morgan fingerprint density at radius 1 is 1.00 bits per heavy atom. The van der Waals surface area contributed by atoms with E-state index in [2.05, 4.69) is 41.3 Å². The first-order chi connectivity index (χ1) is 17.6. The molecule has 0 radical (unpaired) electrons. The van der Waals surface area contributed by atoms with E-state index in [0.717, 1.165) is 16.4 Å². The molecule has 4 heterocycles. The highest BCUT2D eigenvalue weighted by molar-refractivity contribution is 7.15. The number of piperidine rings is 1. The molecule has 3 aromatic heterocycles. The molecule has 37 heavy (non-hydrogen) atoms. The molecule has 1 fully saturated rings. The minimum Gasteiger partial charge on any atom is -0.481 e. The number of carbonyl (C=O) groups is 2. The van der Waals surface area contributed by atoms with E-state index in [-0.39, 0.29) is 29.0 Å². The fourth-order valence-corrected chi connectivity index (χ4v) is 5.00. The molecule has 0 atom stereocenters. The number of aromatic nitrogens is 4. The van der Waals surface area contributed by atoms with Crippen molar-refractivity contribution in [2.24, 2.45) is 0 Å². The molecule has 1 N–H and O–H groups in total. The Hall–Kier alpha value is -3.60. The highest BCUT2D eigenvalue weighted by atomic mass is 32.1. The van der Waals surface area contributed by atoms with Crippen molar-refractivity contribution in [3.05, 3.63) is 51.8 Å². The van der Waals surface area contributed by atoms with Gasteiger partial charge in [0.1, 0.15) is 10.6 Å². The summed E-state index contributed by atoms with van der Waals surface area (Å²) in [4.78, 5) is 37.2. The molecule has 4 rings (SSSR count). The SMILES string of the molecule is COc1ccc(C(=O)N2CCC(c3nc(C)ccc3C(=O)Nc3nnc(C(C)(C)C)s3)CC2)c(OC)n1. The summed E-state index contributed by atoms with van der Waals surface area (Å²) in [5.74, 6) is 0.252. The number of anilines is 1. The van der Waals surface area contributed by atoms with Crippen LogP contribution in [0.4, 0.5) is 5.13 Å². The van der Waals surface area contributed by atoms with Gasteiger partial charge in [0, 0.05) is 36.2 Å². The predicted octanol–water partition coefficient (Wildman–Crippen LogP) is 4.22. The van der Waals surface area contributed by atoms with Crippen LogP contribution in [0.15, 0.2) is 24.3 Å². The second-order valence-electron chi connectivity index (χ2n) is 9.98. The first-order valence-electron chi connectivity index (χ1n) is 12.1. The molecule has 196 valence electrons. The number of nitrogens with zero attached hydrogens (tertiary/aromatic N) is 5. The smallest absolute Gasteiger partial charge is 0.259 e. The zero-order valence-corrected chi connectivity index (χ0v) is 22.8. The highest BCUT2D eigenvalue weighted by Gasteiger charge is 2.30. The minimum atomic E-state index is -0.258. The molecule has 1 aliphatic rings. The number of nitrogens with one attached hydrogen (secondary N) is 1. The Labute approximate surface area is 220 Å². The summed E-state index contributed by atoms with van der Waals surface area (Å²) in [5.41, 5.74) is 2.35. The molecule has 0 aliphatic carbocycles. The monoisotopic (exact) mass is 524 g/mol. The van der Waals surface area contributed by atoms with Gasteiger partial charge in [-0.3, -0.25) is 19.9 Å². The van der Waals surface area contributed by atoms with Crippen LogP contribution in [0, 0.1) is 6.92 Å². The number of carbonyl (C=O) groups excluding carboxylic acids is 2. The highest BCUT2D eigenvalue weighted by Crippen LogP contribution is 2.32. The van der Waals surface area contributed by atoms with E-state index in [9.17, 15) is 9.59 Å². The van der Waals surface area contributed by atoms with Crippen LogP contribution >= 0.6 is 11.3 Å². The van der Waals surface area contributed by atoms with Gasteiger partial charge in [0.2, 0.25) is 16.9 Å². The number of aryl methyl sites for hydroxylation is 1. The average Bonchev–Trinajstić information content (AvgIpc) is 3.37. The number of amides is 2. The number of pyridine rings is 2. The van der Waals surface area contributed by atoms with Crippen molar-refractivity contribution < 1.29 is 19.1 Å². The summed E-state index contributed by atoms with van der Waals surface area (Å²) in [6, 6.07) is 6.96. The lowest BCUT2D eigenvalue weighted by atomic mass is 9.89. The maximum atomic E-state index is 13.2. The quantitative estimate of drug-likeness (QED) is 0.509. The van der Waals surface area contributed by atoms with E-state index in [4.69, 9.17) is 14.5 Å². The van der Waals surface area contributed by atoms with E-state index >= 15 is 0 Å². The van der Waals surface area contributed by atoms with Crippen LogP contribution in [-0.2, 0) is 5.41 Å². The Kier molecular flexibility index (Phi) is 7.72. The summed E-state index contributed by atoms with van der Waals surface area (Å²) in [6.07, 6.45) is 1.36. The lowest BCUT2D eigenvalue weighted by Crippen LogP contribution is -2.38. The standard InChI is InChI=1S/C26H32N6O4S/c1-15-7-8-17(21(33)29-25-31-30-24(37-25)26(2,3)4)20(27-15)16-11-13-32(14-12-16)23(34)18-9-10-19(35-5)28-22(18)36-6/h7-10,16H,11-14H2,1-6H3,(H,29,31,33). The van der Waals surface area contributed by atoms with Crippen molar-refractivity contribution >= 4 is 28.3 Å². The summed E-state index contributed by atoms with van der Waals surface area (Å²) < 4.78 is 10.4. The van der Waals surface area contributed by atoms with Crippen molar-refractivity contribution in [3.63, 3.8) is 0 Å². The zero-order chi connectivity index (χ0) is 26.7. The van der Waals surface area contributed by atoms with Crippen LogP contribution < -0.4 is 14.8 Å². The van der Waals surface area contributed by atoms with E-state index in [1.807, 2.05) is 19.1 Å². The van der Waals surface area contributed by atoms with E-state index < -0.39 is 0 Å². The van der Waals surface area contributed by atoms with Gasteiger partial charge in [-0.1, -0.05) is 32.1 Å². The fraction of sp³-hybridized carbons (Fsp3) is 0.462. The maximum absolute atomic E-state index is 13.2. The molecule has 10 nitrogen and oxygen atoms in total. The van der Waals surface area contributed by atoms with Gasteiger partial charge in [-0.15, -0.1) is 10.2 Å². The van der Waals surface area contributed by atoms with Gasteiger partial charge < -0.3 is 14.4 Å². The molecule has 11 heteroatoms. The van der Waals surface area contributed by atoms with Crippen molar-refractivity contribution in [1.82, 2.24) is 25.1 Å². The molecule has 0 unspecified atom stereocenters. The average molecular weight is 525 g/mol. The summed E-state index contributed by atoms with van der Waals surface area (Å²) in [6.45, 7) is 9.13. The van der Waals surface area contributed by atoms with Crippen molar-refractivity contribution in [3.8, 4) is 11.8 Å². The number of ether oxygens (including phenoxy) is 2. The van der Waals surface area contributed by atoms with Gasteiger partial charge in [0.25, 0.3) is 11.8 Å². The zero-order valence-electron chi connectivity index (χ0n) is 22.0. The van der Waals surface area contributed by atoms with Crippen LogP contribution in [0.2, 0.25) is 0 Å². The molecule has 0 saturated carbocycles. The molecular weight excluding hydrogens is 492 g/mol. The van der Waals surface area contributed by atoms with Crippen LogP contribution in [-0.4, -0.2) is 64.2 Å². The molecule has 2 amide bonds. The van der Waals surface area contributed by atoms with Crippen LogP contribution in [0.25, 0.3) is 0 Å². The summed E-state index contributed by atoms with van der Waals surface area (Å²) in [5, 5.41) is 12.6. The lowest BCUT2D eigenvalue weighted by molar-refractivity contribution is 0.0706. The van der Waals surface area contributed by atoms with Crippen molar-refractivity contribution in [1.29, 1.82) is 0 Å². The third-order valence-electron chi connectivity index (χ3n) is 6.23. The third kappa shape index (κ3) is 5.87. The van der Waals surface area contributed by atoms with Gasteiger partial charge in [-0.25, -0.2) is 0 Å². The van der Waals surface area contributed by atoms with Gasteiger partial charge in [0.15, 0.2) is 0 Å². The number of hydrogen-bond acceptors (Lipinski definition) is 9. The molecule has 0 aromatic carbocycles. The van der Waals surface area contributed by atoms with E-state index in [1.54, 1.807) is 17.0 Å². The van der Waals surface area contributed by atoms with Crippen LogP contribution in [0.3, 0.4) is 0 Å². The fourth-order valence-electron chi connectivity index (χ4n) is 4.20. The normalized spacial score (nSPS) is 14.4. The minimum absolute atomic E-state index is 0.0418. The van der Waals surface area contributed by atoms with E-state index in [1.165, 1.54) is 25.6 Å². The molecular formula is C26H32N6O4S. The summed E-state index contributed by atoms with van der Waals surface area (Å²) >= 11 is 1.37. The molecule has 0 bridgehead atoms. The second kappa shape index (κ2) is 10.8. The number of methoxy groups -OCH3 is 2. The number of likely N-dealkylation sites (tertiary alicyclic amines) is 1. The van der Waals surface area contributed by atoms with Crippen LogP contribution in [0.5, 0.6) is 11.8 Å². The first-order valence-corrected chi connectivity index (χ1v) is 12.9. The Morgan fingerprint density at radius 2 is 1.70 bits per heavy atom. The number of rotatable bonds is 6. The van der Waals surface area contributed by atoms with E-state index in [0.29, 0.717) is 48.1 Å². The summed E-state index contributed by atoms with van der Waals surface area (Å²) in [7, 11) is 2.99. The van der Waals surface area contributed by atoms with Crippen molar-refractivity contribution in [2.75, 3.05) is 32.6 Å². The molecule has 1 aliphatic heterocycles.